The van der Waals surface area contributed by atoms with E-state index >= 15 is 0 Å². The molecule has 1 aromatic rings. The van der Waals surface area contributed by atoms with E-state index < -0.39 is 0 Å². The van der Waals surface area contributed by atoms with Gasteiger partial charge in [0.25, 0.3) is 0 Å². The van der Waals surface area contributed by atoms with Crippen molar-refractivity contribution in [1.29, 1.82) is 0 Å². The van der Waals surface area contributed by atoms with Crippen molar-refractivity contribution in [3.05, 3.63) is 36.2 Å². The second-order valence-corrected chi connectivity index (χ2v) is 2.86. The Balaban J connectivity index is 2.29. The molecule has 56 valence electrons. The summed E-state index contributed by atoms with van der Waals surface area (Å²) in [6.07, 6.45) is 9.85. The molecule has 1 aromatic heterocycles. The molecular weight excluding hydrogens is 134 g/mol. The second kappa shape index (κ2) is 2.87. The quantitative estimate of drug-likeness (QED) is 0.592. The van der Waals surface area contributed by atoms with Crippen molar-refractivity contribution in [2.75, 3.05) is 0 Å². The molecule has 1 nitrogen and oxygen atoms in total. The molecule has 0 aliphatic heterocycles. The highest BCUT2D eigenvalue weighted by molar-refractivity contribution is 5.66. The minimum atomic E-state index is 1.23. The summed E-state index contributed by atoms with van der Waals surface area (Å²) < 4.78 is 0. The summed E-state index contributed by atoms with van der Waals surface area (Å²) in [6.45, 7) is 0. The smallest absolute Gasteiger partial charge is 0.0342 e. The molecule has 0 unspecified atom stereocenters. The Morgan fingerprint density at radius 1 is 1.36 bits per heavy atom. The van der Waals surface area contributed by atoms with E-state index in [1.54, 1.807) is 0 Å². The molecule has 1 heteroatoms. The summed E-state index contributed by atoms with van der Waals surface area (Å²) in [7, 11) is 0. The van der Waals surface area contributed by atoms with Gasteiger partial charge in [0.1, 0.15) is 0 Å². The van der Waals surface area contributed by atoms with Gasteiger partial charge in [0, 0.05) is 12.4 Å². The van der Waals surface area contributed by atoms with Crippen LogP contribution in [0.15, 0.2) is 30.6 Å². The lowest BCUT2D eigenvalue weighted by atomic mass is 10.1. The van der Waals surface area contributed by atoms with E-state index in [4.69, 9.17) is 0 Å². The first-order valence-corrected chi connectivity index (χ1v) is 4.06. The van der Waals surface area contributed by atoms with Crippen molar-refractivity contribution in [3.8, 4) is 0 Å². The van der Waals surface area contributed by atoms with Gasteiger partial charge in [-0.1, -0.05) is 12.1 Å². The molecule has 0 atom stereocenters. The highest BCUT2D eigenvalue weighted by Gasteiger charge is 2.05. The Bertz CT molecular complexity index is 261. The van der Waals surface area contributed by atoms with Gasteiger partial charge in [-0.2, -0.15) is 0 Å². The zero-order valence-corrected chi connectivity index (χ0v) is 6.46. The van der Waals surface area contributed by atoms with Crippen LogP contribution in [0.2, 0.25) is 0 Å². The van der Waals surface area contributed by atoms with E-state index in [0.29, 0.717) is 0 Å². The fourth-order valence-corrected chi connectivity index (χ4v) is 1.49. The monoisotopic (exact) mass is 145 g/mol. The Labute approximate surface area is 66.8 Å². The maximum Gasteiger partial charge on any atom is 0.0342 e. The first-order chi connectivity index (χ1) is 5.47. The molecule has 0 amide bonds. The summed E-state index contributed by atoms with van der Waals surface area (Å²) in [5.41, 5.74) is 2.77. The van der Waals surface area contributed by atoms with Crippen LogP contribution in [0.3, 0.4) is 0 Å². The fourth-order valence-electron chi connectivity index (χ4n) is 1.49. The molecule has 0 saturated carbocycles. The molecule has 1 aliphatic rings. The Hall–Kier alpha value is -1.11. The number of hydrogen-bond donors (Lipinski definition) is 0. The van der Waals surface area contributed by atoms with Crippen LogP contribution in [-0.2, 0) is 0 Å². The highest BCUT2D eigenvalue weighted by Crippen LogP contribution is 2.26. The van der Waals surface area contributed by atoms with Gasteiger partial charge in [0.2, 0.25) is 0 Å². The summed E-state index contributed by atoms with van der Waals surface area (Å²) in [4.78, 5) is 4.09. The lowest BCUT2D eigenvalue weighted by molar-refractivity contribution is 0.935. The first-order valence-electron chi connectivity index (χ1n) is 4.06. The van der Waals surface area contributed by atoms with Gasteiger partial charge in [-0.15, -0.1) is 0 Å². The molecule has 2 rings (SSSR count). The molecule has 0 N–H and O–H groups in total. The summed E-state index contributed by atoms with van der Waals surface area (Å²) in [5.74, 6) is 0. The number of nitrogens with zero attached hydrogens (tertiary/aromatic N) is 1. The molecular formula is C10H11N. The van der Waals surface area contributed by atoms with Gasteiger partial charge in [0.15, 0.2) is 0 Å². The average molecular weight is 145 g/mol. The van der Waals surface area contributed by atoms with E-state index in [0.717, 1.165) is 0 Å². The third kappa shape index (κ3) is 1.32. The maximum absolute atomic E-state index is 4.09. The summed E-state index contributed by atoms with van der Waals surface area (Å²) in [6, 6.07) is 4.12. The predicted octanol–water partition coefficient (Wildman–Crippen LogP) is 2.65. The average Bonchev–Trinajstić information content (AvgIpc) is 2.58. The van der Waals surface area contributed by atoms with Gasteiger partial charge in [-0.05, 0) is 36.5 Å². The predicted molar refractivity (Wildman–Crippen MR) is 46.1 cm³/mol. The molecule has 0 fully saturated rings. The molecule has 0 radical (unpaired) electrons. The maximum atomic E-state index is 4.09. The van der Waals surface area contributed by atoms with Crippen LogP contribution in [0.1, 0.15) is 24.8 Å². The first kappa shape index (κ1) is 6.59. The number of aromatic nitrogens is 1. The number of allylic oxidation sites excluding steroid dienone is 2. The van der Waals surface area contributed by atoms with Gasteiger partial charge >= 0.3 is 0 Å². The Morgan fingerprint density at radius 2 is 2.36 bits per heavy atom. The van der Waals surface area contributed by atoms with Crippen molar-refractivity contribution >= 4 is 5.57 Å². The molecule has 0 spiro atoms. The fraction of sp³-hybridized carbons (Fsp3) is 0.300. The van der Waals surface area contributed by atoms with E-state index in [-0.39, 0.29) is 0 Å². The van der Waals surface area contributed by atoms with Crippen molar-refractivity contribution < 1.29 is 0 Å². The van der Waals surface area contributed by atoms with Crippen molar-refractivity contribution in [2.45, 2.75) is 19.3 Å². The van der Waals surface area contributed by atoms with Crippen LogP contribution in [0.5, 0.6) is 0 Å². The lowest BCUT2D eigenvalue weighted by Crippen LogP contribution is -1.80. The minimum absolute atomic E-state index is 1.23. The van der Waals surface area contributed by atoms with Crippen molar-refractivity contribution in [1.82, 2.24) is 4.98 Å². The Kier molecular flexibility index (Phi) is 1.72. The normalized spacial score (nSPS) is 16.5. The third-order valence-electron chi connectivity index (χ3n) is 2.07. The molecule has 0 bridgehead atoms. The van der Waals surface area contributed by atoms with Crippen molar-refractivity contribution in [3.63, 3.8) is 0 Å². The molecule has 11 heavy (non-hydrogen) atoms. The standard InChI is InChI=1S/C10H11N/c1-2-5-9(4-1)10-6-3-7-11-8-10/h3-4,6-8H,1-2,5H2. The molecule has 0 saturated heterocycles. The summed E-state index contributed by atoms with van der Waals surface area (Å²) in [5, 5.41) is 0. The van der Waals surface area contributed by atoms with E-state index in [1.807, 2.05) is 18.5 Å². The highest BCUT2D eigenvalue weighted by atomic mass is 14.6. The second-order valence-electron chi connectivity index (χ2n) is 2.86. The molecule has 0 aromatic carbocycles. The lowest BCUT2D eigenvalue weighted by Gasteiger charge is -1.98. The van der Waals surface area contributed by atoms with Gasteiger partial charge in [0.05, 0.1) is 0 Å². The van der Waals surface area contributed by atoms with E-state index in [2.05, 4.69) is 17.1 Å². The SMILES string of the molecule is C1=C(c2cccnc2)CCC1. The zero-order valence-electron chi connectivity index (χ0n) is 6.46. The van der Waals surface area contributed by atoms with Crippen LogP contribution < -0.4 is 0 Å². The molecule has 1 heterocycles. The van der Waals surface area contributed by atoms with Gasteiger partial charge < -0.3 is 0 Å². The van der Waals surface area contributed by atoms with Gasteiger partial charge in [-0.3, -0.25) is 4.98 Å². The number of rotatable bonds is 1. The zero-order chi connectivity index (χ0) is 7.52. The Morgan fingerprint density at radius 3 is 3.00 bits per heavy atom. The topological polar surface area (TPSA) is 12.9 Å². The summed E-state index contributed by atoms with van der Waals surface area (Å²) >= 11 is 0. The third-order valence-corrected chi connectivity index (χ3v) is 2.07. The van der Waals surface area contributed by atoms with Crippen LogP contribution in [0.25, 0.3) is 5.57 Å². The number of pyridine rings is 1. The van der Waals surface area contributed by atoms with Gasteiger partial charge in [-0.25, -0.2) is 0 Å². The number of hydrogen-bond acceptors (Lipinski definition) is 1. The van der Waals surface area contributed by atoms with E-state index in [1.165, 1.54) is 30.4 Å². The van der Waals surface area contributed by atoms with Crippen LogP contribution in [-0.4, -0.2) is 4.98 Å². The minimum Gasteiger partial charge on any atom is -0.264 e. The van der Waals surface area contributed by atoms with Crippen LogP contribution in [0, 0.1) is 0 Å². The largest absolute Gasteiger partial charge is 0.264 e. The van der Waals surface area contributed by atoms with Crippen molar-refractivity contribution in [2.24, 2.45) is 0 Å². The van der Waals surface area contributed by atoms with E-state index in [9.17, 15) is 0 Å². The van der Waals surface area contributed by atoms with Crippen LogP contribution in [0.4, 0.5) is 0 Å². The van der Waals surface area contributed by atoms with Crippen LogP contribution >= 0.6 is 0 Å². The molecule has 1 aliphatic carbocycles.